The molecule has 146 valence electrons. The number of carbonyl (C=O) groups excluding carboxylic acids is 1. The Kier molecular flexibility index (Phi) is 3.80. The number of carbonyl (C=O) groups is 1. The second-order valence-electron chi connectivity index (χ2n) is 6.65. The first-order valence-corrected chi connectivity index (χ1v) is 11.0. The third-order valence-corrected chi connectivity index (χ3v) is 7.20. The highest BCUT2D eigenvalue weighted by Crippen LogP contribution is 2.38. The van der Waals surface area contributed by atoms with E-state index in [1.807, 2.05) is 6.92 Å². The van der Waals surface area contributed by atoms with Crippen LogP contribution in [0.5, 0.6) is 5.75 Å². The number of aromatic nitrogens is 1. The minimum atomic E-state index is -3.94. The Bertz CT molecular complexity index is 1440. The van der Waals surface area contributed by atoms with E-state index in [0.29, 0.717) is 33.5 Å². The number of methoxy groups -OCH3 is 1. The number of ether oxygens (including phenoxy) is 1. The Hall–Kier alpha value is -3.17. The van der Waals surface area contributed by atoms with Crippen LogP contribution in [0.15, 0.2) is 47.4 Å². The standard InChI is InChI=1S/C20H15N3O4S2/c1-10-21-15-8-16(27-2)14(9-17(15)28-10)23-29(25,26)18-7-6-13-19-11(18)4-3-5-12(19)20(24)22-13/h3-9,23H,1-2H3,(H,22,24). The predicted octanol–water partition coefficient (Wildman–Crippen LogP) is 4.13. The molecule has 1 amide bonds. The number of hydrogen-bond donors (Lipinski definition) is 2. The molecule has 0 aliphatic carbocycles. The van der Waals surface area contributed by atoms with Gasteiger partial charge in [0.25, 0.3) is 15.9 Å². The number of thiazole rings is 1. The summed E-state index contributed by atoms with van der Waals surface area (Å²) in [6, 6.07) is 11.6. The maximum Gasteiger partial charge on any atom is 0.262 e. The fourth-order valence-electron chi connectivity index (χ4n) is 3.62. The molecule has 7 nitrogen and oxygen atoms in total. The lowest BCUT2D eigenvalue weighted by atomic mass is 10.1. The lowest BCUT2D eigenvalue weighted by Gasteiger charge is -2.14. The van der Waals surface area contributed by atoms with Crippen molar-refractivity contribution in [2.45, 2.75) is 11.8 Å². The molecule has 2 N–H and O–H groups in total. The van der Waals surface area contributed by atoms with Crippen molar-refractivity contribution in [3.8, 4) is 5.75 Å². The third kappa shape index (κ3) is 2.73. The Morgan fingerprint density at radius 3 is 2.79 bits per heavy atom. The molecule has 0 saturated carbocycles. The van der Waals surface area contributed by atoms with Gasteiger partial charge >= 0.3 is 0 Å². The van der Waals surface area contributed by atoms with Gasteiger partial charge in [-0.05, 0) is 31.2 Å². The molecule has 2 heterocycles. The molecule has 0 saturated heterocycles. The van der Waals surface area contributed by atoms with Crippen LogP contribution in [-0.2, 0) is 10.0 Å². The summed E-state index contributed by atoms with van der Waals surface area (Å²) >= 11 is 1.48. The van der Waals surface area contributed by atoms with Crippen molar-refractivity contribution in [3.63, 3.8) is 0 Å². The SMILES string of the molecule is COc1cc2nc(C)sc2cc1NS(=O)(=O)c1ccc2c3c(cccc13)C(=O)N2. The van der Waals surface area contributed by atoms with E-state index in [0.717, 1.165) is 15.2 Å². The Morgan fingerprint density at radius 1 is 1.17 bits per heavy atom. The molecule has 9 heteroatoms. The van der Waals surface area contributed by atoms with Crippen LogP contribution in [0.25, 0.3) is 21.0 Å². The lowest BCUT2D eigenvalue weighted by molar-refractivity contribution is 0.103. The molecule has 0 spiro atoms. The van der Waals surface area contributed by atoms with Gasteiger partial charge in [-0.25, -0.2) is 13.4 Å². The molecule has 0 bridgehead atoms. The molecular weight excluding hydrogens is 410 g/mol. The van der Waals surface area contributed by atoms with Crippen LogP contribution < -0.4 is 14.8 Å². The van der Waals surface area contributed by atoms with E-state index in [4.69, 9.17) is 4.74 Å². The van der Waals surface area contributed by atoms with Crippen LogP contribution in [0.1, 0.15) is 15.4 Å². The summed E-state index contributed by atoms with van der Waals surface area (Å²) in [4.78, 5) is 16.6. The second-order valence-corrected chi connectivity index (χ2v) is 9.54. The number of amides is 1. The van der Waals surface area contributed by atoms with Crippen LogP contribution in [0.2, 0.25) is 0 Å². The zero-order chi connectivity index (χ0) is 20.3. The number of nitrogens with zero attached hydrogens (tertiary/aromatic N) is 1. The van der Waals surface area contributed by atoms with Gasteiger partial charge < -0.3 is 10.1 Å². The molecule has 0 radical (unpaired) electrons. The van der Waals surface area contributed by atoms with Gasteiger partial charge in [-0.3, -0.25) is 9.52 Å². The quantitative estimate of drug-likeness (QED) is 0.512. The minimum Gasteiger partial charge on any atom is -0.494 e. The first kappa shape index (κ1) is 17.9. The largest absolute Gasteiger partial charge is 0.494 e. The average molecular weight is 425 g/mol. The van der Waals surface area contributed by atoms with Crippen molar-refractivity contribution in [1.29, 1.82) is 0 Å². The topological polar surface area (TPSA) is 97.4 Å². The van der Waals surface area contributed by atoms with E-state index in [2.05, 4.69) is 15.0 Å². The number of rotatable bonds is 4. The fraction of sp³-hybridized carbons (Fsp3) is 0.100. The zero-order valence-electron chi connectivity index (χ0n) is 15.4. The number of aryl methyl sites for hydroxylation is 1. The van der Waals surface area contributed by atoms with E-state index in [1.165, 1.54) is 24.5 Å². The van der Waals surface area contributed by atoms with Gasteiger partial charge in [0.05, 0.1) is 32.9 Å². The van der Waals surface area contributed by atoms with E-state index < -0.39 is 10.0 Å². The van der Waals surface area contributed by atoms with E-state index in [9.17, 15) is 13.2 Å². The highest BCUT2D eigenvalue weighted by molar-refractivity contribution is 7.93. The van der Waals surface area contributed by atoms with Crippen molar-refractivity contribution in [3.05, 3.63) is 53.0 Å². The molecule has 29 heavy (non-hydrogen) atoms. The maximum absolute atomic E-state index is 13.3. The number of anilines is 2. The van der Waals surface area contributed by atoms with Crippen LogP contribution in [0.3, 0.4) is 0 Å². The van der Waals surface area contributed by atoms with Crippen molar-refractivity contribution in [2.75, 3.05) is 17.1 Å². The summed E-state index contributed by atoms with van der Waals surface area (Å²) in [6.45, 7) is 1.89. The zero-order valence-corrected chi connectivity index (χ0v) is 17.1. The lowest BCUT2D eigenvalue weighted by Crippen LogP contribution is -2.14. The van der Waals surface area contributed by atoms with Gasteiger partial charge in [0.1, 0.15) is 5.75 Å². The van der Waals surface area contributed by atoms with Gasteiger partial charge in [0, 0.05) is 28.1 Å². The molecule has 3 aromatic carbocycles. The minimum absolute atomic E-state index is 0.0947. The summed E-state index contributed by atoms with van der Waals surface area (Å²) < 4.78 is 35.4. The molecule has 1 aliphatic rings. The predicted molar refractivity (Wildman–Crippen MR) is 114 cm³/mol. The number of nitrogens with one attached hydrogen (secondary N) is 2. The highest BCUT2D eigenvalue weighted by atomic mass is 32.2. The number of hydrogen-bond acceptors (Lipinski definition) is 6. The summed E-state index contributed by atoms with van der Waals surface area (Å²) in [5, 5.41) is 4.74. The van der Waals surface area contributed by atoms with Crippen molar-refractivity contribution >= 4 is 59.6 Å². The summed E-state index contributed by atoms with van der Waals surface area (Å²) in [7, 11) is -2.46. The number of benzene rings is 3. The molecule has 0 fully saturated rings. The Morgan fingerprint density at radius 2 is 2.00 bits per heavy atom. The van der Waals surface area contributed by atoms with Gasteiger partial charge in [0.2, 0.25) is 0 Å². The number of fused-ring (bicyclic) bond motifs is 1. The first-order valence-electron chi connectivity index (χ1n) is 8.72. The molecule has 4 aromatic rings. The molecular formula is C20H15N3O4S2. The van der Waals surface area contributed by atoms with Crippen molar-refractivity contribution in [1.82, 2.24) is 4.98 Å². The normalized spacial score (nSPS) is 13.1. The summed E-state index contributed by atoms with van der Waals surface area (Å²) in [5.41, 5.74) is 2.16. The molecule has 1 aromatic heterocycles. The van der Waals surface area contributed by atoms with E-state index in [1.54, 1.807) is 36.4 Å². The van der Waals surface area contributed by atoms with Gasteiger partial charge in [-0.2, -0.15) is 0 Å². The van der Waals surface area contributed by atoms with Gasteiger partial charge in [-0.1, -0.05) is 12.1 Å². The fourth-order valence-corrected chi connectivity index (χ4v) is 5.73. The summed E-state index contributed by atoms with van der Waals surface area (Å²) in [6.07, 6.45) is 0. The van der Waals surface area contributed by atoms with E-state index >= 15 is 0 Å². The molecule has 0 unspecified atom stereocenters. The average Bonchev–Trinajstić information content (AvgIpc) is 3.20. The maximum atomic E-state index is 13.3. The second kappa shape index (κ2) is 6.16. The van der Waals surface area contributed by atoms with Crippen LogP contribution >= 0.6 is 11.3 Å². The van der Waals surface area contributed by atoms with Crippen LogP contribution in [0, 0.1) is 6.92 Å². The van der Waals surface area contributed by atoms with Crippen LogP contribution in [0.4, 0.5) is 11.4 Å². The Balaban J connectivity index is 1.66. The van der Waals surface area contributed by atoms with Gasteiger partial charge in [0.15, 0.2) is 0 Å². The van der Waals surface area contributed by atoms with Crippen LogP contribution in [-0.4, -0.2) is 26.4 Å². The van der Waals surface area contributed by atoms with Crippen molar-refractivity contribution < 1.29 is 17.9 Å². The molecule has 0 atom stereocenters. The Labute approximate surface area is 170 Å². The third-order valence-electron chi connectivity index (χ3n) is 4.84. The first-order chi connectivity index (χ1) is 13.9. The molecule has 5 rings (SSSR count). The van der Waals surface area contributed by atoms with Gasteiger partial charge in [-0.15, -0.1) is 11.3 Å². The van der Waals surface area contributed by atoms with Crippen molar-refractivity contribution in [2.24, 2.45) is 0 Å². The monoisotopic (exact) mass is 425 g/mol. The smallest absolute Gasteiger partial charge is 0.262 e. The molecule has 1 aliphatic heterocycles. The highest BCUT2D eigenvalue weighted by Gasteiger charge is 2.27. The van der Waals surface area contributed by atoms with E-state index in [-0.39, 0.29) is 10.8 Å². The summed E-state index contributed by atoms with van der Waals surface area (Å²) in [5.74, 6) is 0.148. The number of sulfonamides is 1.